The number of hydrogen-bond acceptors (Lipinski definition) is 5. The van der Waals surface area contributed by atoms with Crippen LogP contribution in [0.1, 0.15) is 25.3 Å². The van der Waals surface area contributed by atoms with Crippen LogP contribution in [0.3, 0.4) is 0 Å². The van der Waals surface area contributed by atoms with Gasteiger partial charge in [0.1, 0.15) is 5.82 Å². The molecule has 0 amide bonds. The van der Waals surface area contributed by atoms with Crippen molar-refractivity contribution >= 4 is 11.7 Å². The van der Waals surface area contributed by atoms with E-state index in [4.69, 9.17) is 10.9 Å². The molecule has 0 aromatic carbocycles. The van der Waals surface area contributed by atoms with E-state index in [1.165, 1.54) is 5.56 Å². The summed E-state index contributed by atoms with van der Waals surface area (Å²) >= 11 is 0. The molecule has 1 aromatic heterocycles. The first-order chi connectivity index (χ1) is 10.2. The van der Waals surface area contributed by atoms with Crippen LogP contribution in [0.25, 0.3) is 0 Å². The minimum atomic E-state index is 0.0342. The van der Waals surface area contributed by atoms with Crippen LogP contribution in [-0.2, 0) is 0 Å². The van der Waals surface area contributed by atoms with E-state index >= 15 is 0 Å². The Bertz CT molecular complexity index is 483. The third-order valence-corrected chi connectivity index (χ3v) is 4.06. The average molecular weight is 291 g/mol. The lowest BCUT2D eigenvalue weighted by atomic mass is 10.1. The van der Waals surface area contributed by atoms with Crippen LogP contribution in [0, 0.1) is 6.92 Å². The molecule has 21 heavy (non-hydrogen) atoms. The molecule has 0 radical (unpaired) electrons. The Morgan fingerprint density at radius 2 is 2.14 bits per heavy atom. The highest BCUT2D eigenvalue weighted by Gasteiger charge is 2.26. The number of nitrogens with two attached hydrogens (primary N) is 1. The van der Waals surface area contributed by atoms with Crippen LogP contribution in [0.4, 0.5) is 5.82 Å². The molecule has 2 heterocycles. The summed E-state index contributed by atoms with van der Waals surface area (Å²) in [5.41, 5.74) is 7.04. The van der Waals surface area contributed by atoms with Gasteiger partial charge in [-0.25, -0.2) is 4.98 Å². The zero-order valence-electron chi connectivity index (χ0n) is 12.9. The number of anilines is 1. The van der Waals surface area contributed by atoms with Crippen LogP contribution < -0.4 is 10.6 Å². The molecule has 0 bridgehead atoms. The van der Waals surface area contributed by atoms with Crippen molar-refractivity contribution in [1.82, 2.24) is 9.88 Å². The van der Waals surface area contributed by atoms with Gasteiger partial charge in [-0.1, -0.05) is 24.6 Å². The fraction of sp³-hybridized carbons (Fsp3) is 0.600. The number of rotatable bonds is 5. The van der Waals surface area contributed by atoms with E-state index in [1.807, 2.05) is 12.3 Å². The lowest BCUT2D eigenvalue weighted by molar-refractivity contribution is 0.211. The smallest absolute Gasteiger partial charge is 0.156 e. The average Bonchev–Trinajstić information content (AvgIpc) is 2.53. The highest BCUT2D eigenvalue weighted by molar-refractivity contribution is 5.85. The van der Waals surface area contributed by atoms with Crippen LogP contribution in [0.15, 0.2) is 23.5 Å². The molecule has 6 heteroatoms. The second-order valence-corrected chi connectivity index (χ2v) is 5.50. The van der Waals surface area contributed by atoms with Gasteiger partial charge in [-0.05, 0) is 25.0 Å². The quantitative estimate of drug-likeness (QED) is 0.371. The molecule has 1 fully saturated rings. The van der Waals surface area contributed by atoms with Gasteiger partial charge in [0.2, 0.25) is 0 Å². The summed E-state index contributed by atoms with van der Waals surface area (Å²) in [6, 6.07) is 4.09. The lowest BCUT2D eigenvalue weighted by Crippen LogP contribution is -2.54. The summed E-state index contributed by atoms with van der Waals surface area (Å²) in [5.74, 6) is 1.38. The molecular formula is C15H25N5O. The van der Waals surface area contributed by atoms with Gasteiger partial charge in [0.15, 0.2) is 5.84 Å². The van der Waals surface area contributed by atoms with Crippen molar-refractivity contribution < 1.29 is 5.21 Å². The summed E-state index contributed by atoms with van der Waals surface area (Å²) in [6.45, 7) is 7.83. The van der Waals surface area contributed by atoms with Crippen molar-refractivity contribution in [3.05, 3.63) is 23.9 Å². The number of oxime groups is 1. The van der Waals surface area contributed by atoms with Crippen molar-refractivity contribution in [1.29, 1.82) is 0 Å². The van der Waals surface area contributed by atoms with E-state index < -0.39 is 0 Å². The molecule has 6 nitrogen and oxygen atoms in total. The first-order valence-electron chi connectivity index (χ1n) is 7.55. The van der Waals surface area contributed by atoms with E-state index in [1.54, 1.807) is 0 Å². The zero-order chi connectivity index (χ0) is 15.2. The Balaban J connectivity index is 2.01. The van der Waals surface area contributed by atoms with Crippen molar-refractivity contribution in [2.24, 2.45) is 10.9 Å². The number of hydrogen-bond donors (Lipinski definition) is 2. The number of piperazine rings is 1. The van der Waals surface area contributed by atoms with Crippen LogP contribution in [0.2, 0.25) is 0 Å². The molecule has 1 aliphatic rings. The SMILES string of the molecule is CCCC(C(N)=NO)N1CCN(c2ncccc2C)CC1. The van der Waals surface area contributed by atoms with Gasteiger partial charge >= 0.3 is 0 Å². The number of nitrogens with zero attached hydrogens (tertiary/aromatic N) is 4. The maximum Gasteiger partial charge on any atom is 0.156 e. The second kappa shape index (κ2) is 7.26. The summed E-state index contributed by atoms with van der Waals surface area (Å²) in [6.07, 6.45) is 3.77. The molecule has 3 N–H and O–H groups in total. The van der Waals surface area contributed by atoms with Gasteiger partial charge in [0.05, 0.1) is 6.04 Å². The van der Waals surface area contributed by atoms with Gasteiger partial charge in [-0.3, -0.25) is 4.90 Å². The maximum atomic E-state index is 8.94. The molecule has 1 aliphatic heterocycles. The number of pyridine rings is 1. The fourth-order valence-corrected chi connectivity index (χ4v) is 2.91. The molecule has 0 aliphatic carbocycles. The van der Waals surface area contributed by atoms with Gasteiger partial charge in [0, 0.05) is 32.4 Å². The number of amidine groups is 1. The lowest BCUT2D eigenvalue weighted by Gasteiger charge is -2.39. The standard InChI is InChI=1S/C15H25N5O/c1-3-5-13(14(16)18-21)19-8-10-20(11-9-19)15-12(2)6-4-7-17-15/h4,6-7,13,21H,3,5,8-11H2,1-2H3,(H2,16,18). The Morgan fingerprint density at radius 1 is 1.43 bits per heavy atom. The molecule has 0 spiro atoms. The molecule has 0 saturated carbocycles. The summed E-state index contributed by atoms with van der Waals surface area (Å²) in [5, 5.41) is 12.1. The molecular weight excluding hydrogens is 266 g/mol. The Hall–Kier alpha value is -1.82. The van der Waals surface area contributed by atoms with Crippen molar-refractivity contribution in [3.8, 4) is 0 Å². The molecule has 1 unspecified atom stereocenters. The Kier molecular flexibility index (Phi) is 5.38. The van der Waals surface area contributed by atoms with E-state index in [-0.39, 0.29) is 6.04 Å². The van der Waals surface area contributed by atoms with Gasteiger partial charge in [-0.15, -0.1) is 0 Å². The summed E-state index contributed by atoms with van der Waals surface area (Å²) < 4.78 is 0. The van der Waals surface area contributed by atoms with Crippen LogP contribution >= 0.6 is 0 Å². The number of aromatic nitrogens is 1. The second-order valence-electron chi connectivity index (χ2n) is 5.50. The predicted molar refractivity (Wildman–Crippen MR) is 84.9 cm³/mol. The Morgan fingerprint density at radius 3 is 2.71 bits per heavy atom. The predicted octanol–water partition coefficient (Wildman–Crippen LogP) is 1.43. The third-order valence-electron chi connectivity index (χ3n) is 4.06. The first-order valence-corrected chi connectivity index (χ1v) is 7.55. The van der Waals surface area contributed by atoms with Gasteiger partial charge < -0.3 is 15.8 Å². The van der Waals surface area contributed by atoms with Crippen molar-refractivity contribution in [3.63, 3.8) is 0 Å². The minimum Gasteiger partial charge on any atom is -0.409 e. The Labute approximate surface area is 126 Å². The van der Waals surface area contributed by atoms with Crippen LogP contribution in [-0.4, -0.2) is 53.1 Å². The van der Waals surface area contributed by atoms with E-state index in [2.05, 4.69) is 39.9 Å². The van der Waals surface area contributed by atoms with E-state index in [9.17, 15) is 0 Å². The maximum absolute atomic E-state index is 8.94. The number of aryl methyl sites for hydroxylation is 1. The highest BCUT2D eigenvalue weighted by Crippen LogP contribution is 2.19. The molecule has 1 saturated heterocycles. The molecule has 116 valence electrons. The fourth-order valence-electron chi connectivity index (χ4n) is 2.91. The van der Waals surface area contributed by atoms with Gasteiger partial charge in [0.25, 0.3) is 0 Å². The zero-order valence-corrected chi connectivity index (χ0v) is 12.9. The van der Waals surface area contributed by atoms with Gasteiger partial charge in [-0.2, -0.15) is 0 Å². The first kappa shape index (κ1) is 15.6. The largest absolute Gasteiger partial charge is 0.409 e. The molecule has 2 rings (SSSR count). The van der Waals surface area contributed by atoms with E-state index in [0.717, 1.165) is 44.8 Å². The normalized spacial score (nSPS) is 18.8. The highest BCUT2D eigenvalue weighted by atomic mass is 16.4. The topological polar surface area (TPSA) is 78.0 Å². The van der Waals surface area contributed by atoms with Crippen molar-refractivity contribution in [2.75, 3.05) is 31.1 Å². The molecule has 1 atom stereocenters. The monoisotopic (exact) mass is 291 g/mol. The summed E-state index contributed by atoms with van der Waals surface area (Å²) in [4.78, 5) is 9.08. The van der Waals surface area contributed by atoms with Crippen molar-refractivity contribution in [2.45, 2.75) is 32.7 Å². The summed E-state index contributed by atoms with van der Waals surface area (Å²) in [7, 11) is 0. The third kappa shape index (κ3) is 3.64. The van der Waals surface area contributed by atoms with E-state index in [0.29, 0.717) is 5.84 Å². The minimum absolute atomic E-state index is 0.0342. The molecule has 1 aromatic rings. The van der Waals surface area contributed by atoms with Crippen LogP contribution in [0.5, 0.6) is 0 Å².